The SMILES string of the molecule is COc1ccc2[nH]c(C)c(CN(C)C3CCCCC3)c(=O)c2c1. The van der Waals surface area contributed by atoms with Gasteiger partial charge in [0.25, 0.3) is 0 Å². The Morgan fingerprint density at radius 1 is 1.26 bits per heavy atom. The second-order valence-electron chi connectivity index (χ2n) is 6.68. The molecular formula is C19H26N2O2. The van der Waals surface area contributed by atoms with Gasteiger partial charge in [-0.2, -0.15) is 0 Å². The zero-order chi connectivity index (χ0) is 16.4. The third kappa shape index (κ3) is 3.27. The van der Waals surface area contributed by atoms with Crippen molar-refractivity contribution in [1.82, 2.24) is 9.88 Å². The van der Waals surface area contributed by atoms with Gasteiger partial charge < -0.3 is 9.72 Å². The van der Waals surface area contributed by atoms with E-state index in [1.165, 1.54) is 32.1 Å². The van der Waals surface area contributed by atoms with Crippen molar-refractivity contribution in [1.29, 1.82) is 0 Å². The average Bonchev–Trinajstić information content (AvgIpc) is 2.59. The first-order valence-corrected chi connectivity index (χ1v) is 8.50. The Balaban J connectivity index is 1.94. The summed E-state index contributed by atoms with van der Waals surface area (Å²) in [6, 6.07) is 6.23. The maximum absolute atomic E-state index is 12.9. The van der Waals surface area contributed by atoms with Crippen LogP contribution < -0.4 is 10.2 Å². The molecule has 1 fully saturated rings. The Kier molecular flexibility index (Phi) is 4.71. The molecule has 0 bridgehead atoms. The van der Waals surface area contributed by atoms with Crippen molar-refractivity contribution >= 4 is 10.9 Å². The second kappa shape index (κ2) is 6.75. The number of aromatic amines is 1. The number of aryl methyl sites for hydroxylation is 1. The van der Waals surface area contributed by atoms with Gasteiger partial charge in [-0.05, 0) is 45.0 Å². The number of benzene rings is 1. The summed E-state index contributed by atoms with van der Waals surface area (Å²) in [4.78, 5) is 18.7. The molecule has 2 aromatic rings. The van der Waals surface area contributed by atoms with Gasteiger partial charge in [0, 0.05) is 34.7 Å². The van der Waals surface area contributed by atoms with Crippen molar-refractivity contribution in [3.8, 4) is 5.75 Å². The molecule has 0 saturated heterocycles. The molecule has 1 aromatic carbocycles. The number of pyridine rings is 1. The van der Waals surface area contributed by atoms with Gasteiger partial charge in [-0.25, -0.2) is 0 Å². The molecule has 1 N–H and O–H groups in total. The summed E-state index contributed by atoms with van der Waals surface area (Å²) >= 11 is 0. The lowest BCUT2D eigenvalue weighted by Gasteiger charge is -2.31. The largest absolute Gasteiger partial charge is 0.497 e. The third-order valence-corrected chi connectivity index (χ3v) is 5.13. The van der Waals surface area contributed by atoms with Gasteiger partial charge in [0.1, 0.15) is 5.75 Å². The zero-order valence-corrected chi connectivity index (χ0v) is 14.3. The number of ether oxygens (including phenoxy) is 1. The topological polar surface area (TPSA) is 45.3 Å². The molecule has 3 rings (SSSR count). The van der Waals surface area contributed by atoms with E-state index in [0.717, 1.165) is 22.5 Å². The second-order valence-corrected chi connectivity index (χ2v) is 6.68. The Morgan fingerprint density at radius 2 is 2.00 bits per heavy atom. The monoisotopic (exact) mass is 314 g/mol. The van der Waals surface area contributed by atoms with Crippen molar-refractivity contribution in [2.45, 2.75) is 51.6 Å². The van der Waals surface area contributed by atoms with Crippen molar-refractivity contribution < 1.29 is 4.74 Å². The van der Waals surface area contributed by atoms with E-state index in [0.29, 0.717) is 18.0 Å². The summed E-state index contributed by atoms with van der Waals surface area (Å²) in [5.74, 6) is 0.721. The van der Waals surface area contributed by atoms with Crippen LogP contribution in [0.3, 0.4) is 0 Å². The van der Waals surface area contributed by atoms with E-state index in [1.54, 1.807) is 7.11 Å². The number of rotatable bonds is 4. The predicted octanol–water partition coefficient (Wildman–Crippen LogP) is 3.61. The highest BCUT2D eigenvalue weighted by atomic mass is 16.5. The van der Waals surface area contributed by atoms with Gasteiger partial charge in [-0.3, -0.25) is 9.69 Å². The van der Waals surface area contributed by atoms with Crippen LogP contribution in [0.4, 0.5) is 0 Å². The molecule has 124 valence electrons. The van der Waals surface area contributed by atoms with Crippen molar-refractivity contribution in [3.63, 3.8) is 0 Å². The molecule has 1 aliphatic rings. The highest BCUT2D eigenvalue weighted by Gasteiger charge is 2.20. The standard InChI is InChI=1S/C19H26N2O2/c1-13-17(12-21(2)14-7-5-4-6-8-14)19(22)16-11-15(23-3)9-10-18(16)20-13/h9-11,14H,4-8,12H2,1-3H3,(H,20,22). The van der Waals surface area contributed by atoms with Crippen LogP contribution in [-0.2, 0) is 6.54 Å². The van der Waals surface area contributed by atoms with Crippen LogP contribution in [0.15, 0.2) is 23.0 Å². The highest BCUT2D eigenvalue weighted by Crippen LogP contribution is 2.24. The Labute approximate surface area is 137 Å². The maximum Gasteiger partial charge on any atom is 0.194 e. The molecule has 23 heavy (non-hydrogen) atoms. The normalized spacial score (nSPS) is 16.2. The molecule has 4 nitrogen and oxygen atoms in total. The van der Waals surface area contributed by atoms with Gasteiger partial charge in [-0.15, -0.1) is 0 Å². The predicted molar refractivity (Wildman–Crippen MR) is 94.2 cm³/mol. The van der Waals surface area contributed by atoms with Gasteiger partial charge in [0.15, 0.2) is 5.43 Å². The lowest BCUT2D eigenvalue weighted by Crippen LogP contribution is -2.34. The molecule has 1 saturated carbocycles. The zero-order valence-electron chi connectivity index (χ0n) is 14.3. The van der Waals surface area contributed by atoms with E-state index in [4.69, 9.17) is 4.74 Å². The van der Waals surface area contributed by atoms with Gasteiger partial charge in [0.05, 0.1) is 7.11 Å². The molecule has 0 radical (unpaired) electrons. The molecule has 0 amide bonds. The molecule has 0 spiro atoms. The van der Waals surface area contributed by atoms with Crippen LogP contribution in [0.1, 0.15) is 43.4 Å². The Hall–Kier alpha value is -1.81. The van der Waals surface area contributed by atoms with Crippen molar-refractivity contribution in [3.05, 3.63) is 39.7 Å². The fourth-order valence-electron chi connectivity index (χ4n) is 3.65. The van der Waals surface area contributed by atoms with E-state index in [1.807, 2.05) is 25.1 Å². The van der Waals surface area contributed by atoms with Crippen LogP contribution in [-0.4, -0.2) is 30.1 Å². The molecule has 1 aromatic heterocycles. The van der Waals surface area contributed by atoms with Crippen LogP contribution in [0, 0.1) is 6.92 Å². The molecule has 1 aliphatic carbocycles. The summed E-state index contributed by atoms with van der Waals surface area (Å²) in [5.41, 5.74) is 2.84. The van der Waals surface area contributed by atoms with Crippen molar-refractivity contribution in [2.24, 2.45) is 0 Å². The molecule has 0 atom stereocenters. The summed E-state index contributed by atoms with van der Waals surface area (Å²) in [6.45, 7) is 2.70. The van der Waals surface area contributed by atoms with E-state index in [2.05, 4.69) is 16.9 Å². The number of nitrogens with one attached hydrogen (secondary N) is 1. The van der Waals surface area contributed by atoms with E-state index >= 15 is 0 Å². The van der Waals surface area contributed by atoms with Crippen LogP contribution >= 0.6 is 0 Å². The van der Waals surface area contributed by atoms with E-state index in [9.17, 15) is 4.79 Å². The van der Waals surface area contributed by atoms with Gasteiger partial charge >= 0.3 is 0 Å². The maximum atomic E-state index is 12.9. The number of methoxy groups -OCH3 is 1. The third-order valence-electron chi connectivity index (χ3n) is 5.13. The van der Waals surface area contributed by atoms with E-state index < -0.39 is 0 Å². The first-order valence-electron chi connectivity index (χ1n) is 8.50. The van der Waals surface area contributed by atoms with Gasteiger partial charge in [0.2, 0.25) is 0 Å². The summed E-state index contributed by atoms with van der Waals surface area (Å²) in [7, 11) is 3.77. The fourth-order valence-corrected chi connectivity index (χ4v) is 3.65. The number of nitrogens with zero attached hydrogens (tertiary/aromatic N) is 1. The molecule has 0 aliphatic heterocycles. The van der Waals surface area contributed by atoms with Crippen molar-refractivity contribution in [2.75, 3.05) is 14.2 Å². The quantitative estimate of drug-likeness (QED) is 0.937. The highest BCUT2D eigenvalue weighted by molar-refractivity contribution is 5.81. The smallest absolute Gasteiger partial charge is 0.194 e. The van der Waals surface area contributed by atoms with E-state index in [-0.39, 0.29) is 5.43 Å². The lowest BCUT2D eigenvalue weighted by atomic mass is 9.94. The fraction of sp³-hybridized carbons (Fsp3) is 0.526. The minimum atomic E-state index is 0.123. The summed E-state index contributed by atoms with van der Waals surface area (Å²) in [5, 5.41) is 0.710. The lowest BCUT2D eigenvalue weighted by molar-refractivity contribution is 0.184. The molecule has 1 heterocycles. The summed E-state index contributed by atoms with van der Waals surface area (Å²) < 4.78 is 5.26. The van der Waals surface area contributed by atoms with Gasteiger partial charge in [-0.1, -0.05) is 19.3 Å². The summed E-state index contributed by atoms with van der Waals surface area (Å²) in [6.07, 6.45) is 6.45. The number of aromatic nitrogens is 1. The number of hydrogen-bond acceptors (Lipinski definition) is 3. The van der Waals surface area contributed by atoms with Crippen LogP contribution in [0.5, 0.6) is 5.75 Å². The molecular weight excluding hydrogens is 288 g/mol. The first kappa shape index (κ1) is 16.1. The minimum Gasteiger partial charge on any atom is -0.497 e. The first-order chi connectivity index (χ1) is 11.1. The number of hydrogen-bond donors (Lipinski definition) is 1. The number of fused-ring (bicyclic) bond motifs is 1. The molecule has 4 heteroatoms. The Bertz CT molecular complexity index is 745. The number of H-pyrrole nitrogens is 1. The van der Waals surface area contributed by atoms with Crippen LogP contribution in [0.25, 0.3) is 10.9 Å². The minimum absolute atomic E-state index is 0.123. The van der Waals surface area contributed by atoms with Crippen LogP contribution in [0.2, 0.25) is 0 Å². The average molecular weight is 314 g/mol. The Morgan fingerprint density at radius 3 is 2.70 bits per heavy atom. The molecule has 0 unspecified atom stereocenters.